The van der Waals surface area contributed by atoms with Crippen LogP contribution in [0.2, 0.25) is 5.02 Å². The summed E-state index contributed by atoms with van der Waals surface area (Å²) in [6.45, 7) is -0.147. The minimum absolute atomic E-state index is 0.147. The van der Waals surface area contributed by atoms with Gasteiger partial charge < -0.3 is 9.15 Å². The van der Waals surface area contributed by atoms with E-state index in [1.165, 1.54) is 6.07 Å². The van der Waals surface area contributed by atoms with Crippen LogP contribution in [0.3, 0.4) is 0 Å². The lowest BCUT2D eigenvalue weighted by atomic mass is 10.1. The molecule has 1 aromatic heterocycles. The quantitative estimate of drug-likeness (QED) is 0.544. The number of rotatable bonds is 4. The third kappa shape index (κ3) is 3.02. The molecule has 1 heterocycles. The van der Waals surface area contributed by atoms with Crippen LogP contribution in [0.5, 0.6) is 5.75 Å². The van der Waals surface area contributed by atoms with Gasteiger partial charge in [0.1, 0.15) is 11.3 Å². The van der Waals surface area contributed by atoms with Gasteiger partial charge in [0.25, 0.3) is 0 Å². The van der Waals surface area contributed by atoms with Crippen molar-refractivity contribution >= 4 is 28.4 Å². The molecule has 3 rings (SSSR count). The van der Waals surface area contributed by atoms with Crippen molar-refractivity contribution in [3.63, 3.8) is 0 Å². The summed E-state index contributed by atoms with van der Waals surface area (Å²) in [5, 5.41) is 1.17. The smallest absolute Gasteiger partial charge is 0.336 e. The van der Waals surface area contributed by atoms with Gasteiger partial charge in [-0.15, -0.1) is 0 Å². The molecule has 0 radical (unpaired) electrons. The summed E-state index contributed by atoms with van der Waals surface area (Å²) in [5.41, 5.74) is 0.392. The van der Waals surface area contributed by atoms with Gasteiger partial charge in [-0.2, -0.15) is 0 Å². The van der Waals surface area contributed by atoms with E-state index in [0.717, 1.165) is 5.39 Å². The molecule has 22 heavy (non-hydrogen) atoms. The number of ether oxygens (including phenoxy) is 1. The highest BCUT2D eigenvalue weighted by molar-refractivity contribution is 6.34. The lowest BCUT2D eigenvalue weighted by molar-refractivity contribution is 0.0921. The van der Waals surface area contributed by atoms with Crippen LogP contribution in [-0.4, -0.2) is 12.4 Å². The van der Waals surface area contributed by atoms with Crippen LogP contribution in [0, 0.1) is 0 Å². The molecule has 0 atom stereocenters. The van der Waals surface area contributed by atoms with Crippen LogP contribution < -0.4 is 10.4 Å². The summed E-state index contributed by atoms with van der Waals surface area (Å²) in [6, 6.07) is 14.9. The first-order valence-electron chi connectivity index (χ1n) is 6.58. The van der Waals surface area contributed by atoms with Gasteiger partial charge in [0.05, 0.1) is 5.02 Å². The highest BCUT2D eigenvalue weighted by Crippen LogP contribution is 2.20. The number of halogens is 1. The van der Waals surface area contributed by atoms with Gasteiger partial charge in [0, 0.05) is 23.1 Å². The number of carbonyl (C=O) groups excluding carboxylic acids is 1. The Labute approximate surface area is 130 Å². The number of hydrogen-bond acceptors (Lipinski definition) is 4. The summed E-state index contributed by atoms with van der Waals surface area (Å²) < 4.78 is 10.5. The van der Waals surface area contributed by atoms with Crippen molar-refractivity contribution in [1.82, 2.24) is 0 Å². The van der Waals surface area contributed by atoms with E-state index in [9.17, 15) is 9.59 Å². The molecule has 0 saturated carbocycles. The first kappa shape index (κ1) is 14.4. The van der Waals surface area contributed by atoms with Crippen molar-refractivity contribution in [2.75, 3.05) is 6.61 Å². The third-order valence-corrected chi connectivity index (χ3v) is 3.47. The Hall–Kier alpha value is -2.59. The molecule has 0 fully saturated rings. The van der Waals surface area contributed by atoms with Gasteiger partial charge >= 0.3 is 5.63 Å². The predicted molar refractivity (Wildman–Crippen MR) is 83.8 cm³/mol. The molecule has 0 N–H and O–H groups in total. The Morgan fingerprint density at radius 1 is 1.09 bits per heavy atom. The molecule has 5 heteroatoms. The van der Waals surface area contributed by atoms with Gasteiger partial charge in [-0.25, -0.2) is 4.79 Å². The van der Waals surface area contributed by atoms with E-state index < -0.39 is 5.63 Å². The van der Waals surface area contributed by atoms with Crippen LogP contribution >= 0.6 is 11.6 Å². The van der Waals surface area contributed by atoms with Crippen LogP contribution in [0.4, 0.5) is 0 Å². The number of Topliss-reactive ketones (excluding diaryl/α,β-unsaturated/α-hetero) is 1. The number of benzene rings is 2. The normalized spacial score (nSPS) is 10.6. The van der Waals surface area contributed by atoms with Crippen LogP contribution in [0.15, 0.2) is 63.8 Å². The number of hydrogen-bond donors (Lipinski definition) is 0. The van der Waals surface area contributed by atoms with E-state index in [4.69, 9.17) is 20.8 Å². The summed E-state index contributed by atoms with van der Waals surface area (Å²) in [5.74, 6) is 0.225. The maximum absolute atomic E-state index is 12.1. The number of ketones is 1. The van der Waals surface area contributed by atoms with Crippen molar-refractivity contribution in [2.45, 2.75) is 0 Å². The van der Waals surface area contributed by atoms with E-state index in [1.807, 2.05) is 0 Å². The van der Waals surface area contributed by atoms with E-state index in [2.05, 4.69) is 0 Å². The van der Waals surface area contributed by atoms with Crippen molar-refractivity contribution in [1.29, 1.82) is 0 Å². The van der Waals surface area contributed by atoms with E-state index in [-0.39, 0.29) is 12.4 Å². The second kappa shape index (κ2) is 6.03. The van der Waals surface area contributed by atoms with Gasteiger partial charge in [-0.05, 0) is 30.3 Å². The molecule has 0 saturated heterocycles. The Morgan fingerprint density at radius 2 is 1.86 bits per heavy atom. The molecule has 0 unspecified atom stereocenters. The van der Waals surface area contributed by atoms with Crippen molar-refractivity contribution in [2.24, 2.45) is 0 Å². The van der Waals surface area contributed by atoms with E-state index in [0.29, 0.717) is 21.9 Å². The van der Waals surface area contributed by atoms with Crippen LogP contribution in [-0.2, 0) is 0 Å². The molecule has 0 aliphatic heterocycles. The zero-order valence-electron chi connectivity index (χ0n) is 11.4. The van der Waals surface area contributed by atoms with Gasteiger partial charge in [-0.1, -0.05) is 23.7 Å². The molecule has 4 nitrogen and oxygen atoms in total. The minimum atomic E-state index is -0.434. The SMILES string of the molecule is O=C(COc1ccc2ccc(=O)oc2c1)c1ccccc1Cl. The molecular formula is C17H11ClO4. The second-order valence-electron chi connectivity index (χ2n) is 4.65. The summed E-state index contributed by atoms with van der Waals surface area (Å²) in [7, 11) is 0. The van der Waals surface area contributed by atoms with E-state index >= 15 is 0 Å². The van der Waals surface area contributed by atoms with Gasteiger partial charge in [0.15, 0.2) is 6.61 Å². The molecule has 0 aliphatic carbocycles. The largest absolute Gasteiger partial charge is 0.485 e. The fourth-order valence-electron chi connectivity index (χ4n) is 2.04. The van der Waals surface area contributed by atoms with Gasteiger partial charge in [-0.3, -0.25) is 4.79 Å². The topological polar surface area (TPSA) is 56.5 Å². The average Bonchev–Trinajstić information content (AvgIpc) is 2.52. The van der Waals surface area contributed by atoms with Crippen molar-refractivity contribution < 1.29 is 13.9 Å². The number of fused-ring (bicyclic) bond motifs is 1. The maximum Gasteiger partial charge on any atom is 0.336 e. The molecule has 0 aliphatic rings. The molecule has 0 bridgehead atoms. The van der Waals surface area contributed by atoms with E-state index in [1.54, 1.807) is 48.5 Å². The standard InChI is InChI=1S/C17H11ClO4/c18-14-4-2-1-3-13(14)15(19)10-21-12-7-5-11-6-8-17(20)22-16(11)9-12/h1-9H,10H2. The molecule has 0 spiro atoms. The molecule has 2 aromatic carbocycles. The monoisotopic (exact) mass is 314 g/mol. The summed E-state index contributed by atoms with van der Waals surface area (Å²) in [6.07, 6.45) is 0. The van der Waals surface area contributed by atoms with Crippen molar-refractivity contribution in [3.8, 4) is 5.75 Å². The van der Waals surface area contributed by atoms with Crippen LogP contribution in [0.1, 0.15) is 10.4 Å². The lowest BCUT2D eigenvalue weighted by Gasteiger charge is -2.07. The Balaban J connectivity index is 1.78. The third-order valence-electron chi connectivity index (χ3n) is 3.14. The summed E-state index contributed by atoms with van der Waals surface area (Å²) >= 11 is 5.97. The second-order valence-corrected chi connectivity index (χ2v) is 5.05. The molecule has 110 valence electrons. The molecular weight excluding hydrogens is 304 g/mol. The highest BCUT2D eigenvalue weighted by atomic mass is 35.5. The van der Waals surface area contributed by atoms with Crippen molar-refractivity contribution in [3.05, 3.63) is 75.6 Å². The zero-order chi connectivity index (χ0) is 15.5. The first-order chi connectivity index (χ1) is 10.6. The maximum atomic E-state index is 12.1. The fraction of sp³-hybridized carbons (Fsp3) is 0.0588. The zero-order valence-corrected chi connectivity index (χ0v) is 12.2. The molecule has 0 amide bonds. The lowest BCUT2D eigenvalue weighted by Crippen LogP contribution is -2.12. The first-order valence-corrected chi connectivity index (χ1v) is 6.96. The van der Waals surface area contributed by atoms with Crippen LogP contribution in [0.25, 0.3) is 11.0 Å². The molecule has 3 aromatic rings. The fourth-order valence-corrected chi connectivity index (χ4v) is 2.29. The average molecular weight is 315 g/mol. The Kier molecular flexibility index (Phi) is 3.94. The Bertz CT molecular complexity index is 898. The number of carbonyl (C=O) groups is 1. The minimum Gasteiger partial charge on any atom is -0.485 e. The summed E-state index contributed by atoms with van der Waals surface area (Å²) in [4.78, 5) is 23.3. The highest BCUT2D eigenvalue weighted by Gasteiger charge is 2.10. The predicted octanol–water partition coefficient (Wildman–Crippen LogP) is 3.71. The Morgan fingerprint density at radius 3 is 2.68 bits per heavy atom. The van der Waals surface area contributed by atoms with Gasteiger partial charge in [0.2, 0.25) is 5.78 Å².